The van der Waals surface area contributed by atoms with E-state index in [4.69, 9.17) is 0 Å². The largest absolute Gasteiger partial charge is 0.435 e. The van der Waals surface area contributed by atoms with Crippen LogP contribution in [-0.4, -0.2) is 20.6 Å². The van der Waals surface area contributed by atoms with E-state index in [0.717, 1.165) is 24.3 Å². The van der Waals surface area contributed by atoms with Crippen molar-refractivity contribution in [3.63, 3.8) is 0 Å². The molecule has 7 nitrogen and oxygen atoms in total. The zero-order chi connectivity index (χ0) is 23.0. The Morgan fingerprint density at radius 3 is 2.00 bits per heavy atom. The molecule has 0 radical (unpaired) electrons. The number of nitro benzene ring substituents is 1. The summed E-state index contributed by atoms with van der Waals surface area (Å²) in [6, 6.07) is 9.01. The molecule has 1 amide bonds. The van der Waals surface area contributed by atoms with Gasteiger partial charge < -0.3 is 5.32 Å². The summed E-state index contributed by atoms with van der Waals surface area (Å²) in [6.45, 7) is 0. The average molecular weight is 444 g/mol. The van der Waals surface area contributed by atoms with Gasteiger partial charge in [0.1, 0.15) is 5.69 Å². The second-order valence-corrected chi connectivity index (χ2v) is 6.13. The van der Waals surface area contributed by atoms with Gasteiger partial charge in [0.2, 0.25) is 0 Å². The number of nitro groups is 1. The first-order valence-electron chi connectivity index (χ1n) is 8.27. The molecule has 2 aromatic carbocycles. The second kappa shape index (κ2) is 7.74. The van der Waals surface area contributed by atoms with Crippen molar-refractivity contribution in [1.82, 2.24) is 9.78 Å². The van der Waals surface area contributed by atoms with Gasteiger partial charge in [-0.2, -0.15) is 31.4 Å². The Balaban J connectivity index is 1.84. The summed E-state index contributed by atoms with van der Waals surface area (Å²) in [4.78, 5) is 22.2. The van der Waals surface area contributed by atoms with Gasteiger partial charge in [-0.1, -0.05) is 0 Å². The van der Waals surface area contributed by atoms with Gasteiger partial charge in [0, 0.05) is 29.4 Å². The highest BCUT2D eigenvalue weighted by molar-refractivity contribution is 6.04. The lowest BCUT2D eigenvalue weighted by Crippen LogP contribution is -2.14. The molecule has 1 N–H and O–H groups in total. The minimum Gasteiger partial charge on any atom is -0.322 e. The number of hydrogen-bond donors (Lipinski definition) is 1. The number of halogens is 6. The van der Waals surface area contributed by atoms with Crippen LogP contribution in [-0.2, 0) is 12.4 Å². The Morgan fingerprint density at radius 1 is 0.935 bits per heavy atom. The fraction of sp³-hybridized carbons (Fsp3) is 0.111. The number of carbonyl (C=O) groups is 1. The molecule has 31 heavy (non-hydrogen) atoms. The van der Waals surface area contributed by atoms with Gasteiger partial charge in [-0.15, -0.1) is 0 Å². The maximum Gasteiger partial charge on any atom is 0.435 e. The Morgan fingerprint density at radius 2 is 1.52 bits per heavy atom. The van der Waals surface area contributed by atoms with E-state index in [1.807, 2.05) is 0 Å². The van der Waals surface area contributed by atoms with Crippen molar-refractivity contribution in [1.29, 1.82) is 0 Å². The predicted molar refractivity (Wildman–Crippen MR) is 94.6 cm³/mol. The van der Waals surface area contributed by atoms with Crippen LogP contribution in [0.1, 0.15) is 21.7 Å². The molecule has 13 heteroatoms. The topological polar surface area (TPSA) is 90.1 Å². The van der Waals surface area contributed by atoms with E-state index in [-0.39, 0.29) is 33.4 Å². The van der Waals surface area contributed by atoms with Crippen LogP contribution >= 0.6 is 0 Å². The molecular weight excluding hydrogens is 434 g/mol. The summed E-state index contributed by atoms with van der Waals surface area (Å²) in [5.41, 5.74) is -3.63. The number of carbonyl (C=O) groups excluding carboxylic acids is 1. The van der Waals surface area contributed by atoms with E-state index in [2.05, 4.69) is 10.4 Å². The number of aromatic nitrogens is 2. The van der Waals surface area contributed by atoms with Crippen LogP contribution in [0.3, 0.4) is 0 Å². The normalized spacial score (nSPS) is 11.9. The van der Waals surface area contributed by atoms with Crippen LogP contribution in [0.2, 0.25) is 0 Å². The quantitative estimate of drug-likeness (QED) is 0.346. The van der Waals surface area contributed by atoms with E-state index >= 15 is 0 Å². The van der Waals surface area contributed by atoms with E-state index in [9.17, 15) is 41.3 Å². The summed E-state index contributed by atoms with van der Waals surface area (Å²) in [7, 11) is 0. The van der Waals surface area contributed by atoms with Gasteiger partial charge in [-0.05, 0) is 36.4 Å². The predicted octanol–water partition coefficient (Wildman–Crippen LogP) is 5.07. The van der Waals surface area contributed by atoms with Gasteiger partial charge in [-0.3, -0.25) is 14.9 Å². The molecule has 3 rings (SSSR count). The first-order chi connectivity index (χ1) is 14.4. The summed E-state index contributed by atoms with van der Waals surface area (Å²) in [5.74, 6) is -0.655. The molecule has 1 aromatic heterocycles. The van der Waals surface area contributed by atoms with Crippen molar-refractivity contribution in [3.05, 3.63) is 81.7 Å². The number of benzene rings is 2. The van der Waals surface area contributed by atoms with Crippen LogP contribution in [0, 0.1) is 10.1 Å². The zero-order valence-electron chi connectivity index (χ0n) is 15.0. The maximum atomic E-state index is 13.1. The van der Waals surface area contributed by atoms with E-state index in [1.165, 1.54) is 24.3 Å². The van der Waals surface area contributed by atoms with Crippen LogP contribution in [0.25, 0.3) is 5.69 Å². The third-order valence-corrected chi connectivity index (χ3v) is 4.00. The lowest BCUT2D eigenvalue weighted by atomic mass is 10.2. The first kappa shape index (κ1) is 21.8. The Hall–Kier alpha value is -3.90. The van der Waals surface area contributed by atoms with Crippen molar-refractivity contribution >= 4 is 17.3 Å². The number of nitrogens with zero attached hydrogens (tertiary/aromatic N) is 3. The molecule has 0 fully saturated rings. The molecule has 0 saturated carbocycles. The fourth-order valence-corrected chi connectivity index (χ4v) is 2.54. The molecule has 0 bridgehead atoms. The van der Waals surface area contributed by atoms with E-state index < -0.39 is 34.6 Å². The molecule has 0 aliphatic carbocycles. The van der Waals surface area contributed by atoms with Gasteiger partial charge >= 0.3 is 12.4 Å². The fourth-order valence-electron chi connectivity index (χ4n) is 2.54. The smallest absolute Gasteiger partial charge is 0.322 e. The number of alkyl halides is 6. The summed E-state index contributed by atoms with van der Waals surface area (Å²) < 4.78 is 77.9. The molecule has 0 saturated heterocycles. The average Bonchev–Trinajstić information content (AvgIpc) is 3.15. The number of hydrogen-bond acceptors (Lipinski definition) is 4. The highest BCUT2D eigenvalue weighted by Gasteiger charge is 2.42. The standard InChI is InChI=1S/C18H10F6N4O3/c19-17(20,21)14-9-15(18(22,23)24)27(26-14)12-7-3-11(4-8-12)25-16(29)10-1-5-13(6-2-10)28(30)31/h1-9H,(H,25,29). The molecular formula is C18H10F6N4O3. The minimum absolute atomic E-state index is 0.0796. The lowest BCUT2D eigenvalue weighted by molar-refractivity contribution is -0.384. The van der Waals surface area contributed by atoms with Crippen LogP contribution < -0.4 is 5.32 Å². The molecule has 0 unspecified atom stereocenters. The third kappa shape index (κ3) is 4.82. The number of nitrogens with one attached hydrogen (secondary N) is 1. The van der Waals surface area contributed by atoms with Crippen molar-refractivity contribution < 1.29 is 36.1 Å². The number of anilines is 1. The monoisotopic (exact) mass is 444 g/mol. The Labute approximate surface area is 169 Å². The van der Waals surface area contributed by atoms with E-state index in [1.54, 1.807) is 0 Å². The Bertz CT molecular complexity index is 1120. The second-order valence-electron chi connectivity index (χ2n) is 6.13. The third-order valence-electron chi connectivity index (χ3n) is 4.00. The van der Waals surface area contributed by atoms with Crippen LogP contribution in [0.4, 0.5) is 37.7 Å². The van der Waals surface area contributed by atoms with Crippen molar-refractivity contribution in [2.75, 3.05) is 5.32 Å². The Kier molecular flexibility index (Phi) is 5.44. The number of non-ortho nitro benzene ring substituents is 1. The van der Waals surface area contributed by atoms with Gasteiger partial charge in [0.25, 0.3) is 11.6 Å². The van der Waals surface area contributed by atoms with Gasteiger partial charge in [-0.25, -0.2) is 4.68 Å². The molecule has 162 valence electrons. The summed E-state index contributed by atoms with van der Waals surface area (Å²) in [6.07, 6.45) is -10.1. The van der Waals surface area contributed by atoms with E-state index in [0.29, 0.717) is 0 Å². The molecule has 0 aliphatic heterocycles. The summed E-state index contributed by atoms with van der Waals surface area (Å²) in [5, 5.41) is 16.1. The van der Waals surface area contributed by atoms with Crippen molar-refractivity contribution in [2.45, 2.75) is 12.4 Å². The van der Waals surface area contributed by atoms with Crippen LogP contribution in [0.5, 0.6) is 0 Å². The molecule has 0 atom stereocenters. The lowest BCUT2D eigenvalue weighted by Gasteiger charge is -2.11. The van der Waals surface area contributed by atoms with Gasteiger partial charge in [0.15, 0.2) is 5.69 Å². The highest BCUT2D eigenvalue weighted by Crippen LogP contribution is 2.36. The minimum atomic E-state index is -5.08. The molecule has 0 spiro atoms. The summed E-state index contributed by atoms with van der Waals surface area (Å²) >= 11 is 0. The molecule has 0 aliphatic rings. The van der Waals surface area contributed by atoms with Crippen molar-refractivity contribution in [2.24, 2.45) is 0 Å². The number of amides is 1. The number of rotatable bonds is 4. The first-order valence-corrected chi connectivity index (χ1v) is 8.27. The molecule has 3 aromatic rings. The van der Waals surface area contributed by atoms with Crippen LogP contribution in [0.15, 0.2) is 54.6 Å². The zero-order valence-corrected chi connectivity index (χ0v) is 15.0. The molecule has 1 heterocycles. The van der Waals surface area contributed by atoms with Gasteiger partial charge in [0.05, 0.1) is 10.6 Å². The SMILES string of the molecule is O=C(Nc1ccc(-n2nc(C(F)(F)F)cc2C(F)(F)F)cc1)c1ccc([N+](=O)[O-])cc1. The maximum absolute atomic E-state index is 13.1. The van der Waals surface area contributed by atoms with Crippen molar-refractivity contribution in [3.8, 4) is 5.69 Å². The highest BCUT2D eigenvalue weighted by atomic mass is 19.4.